The predicted octanol–water partition coefficient (Wildman–Crippen LogP) is 3.89. The van der Waals surface area contributed by atoms with Crippen LogP contribution in [0, 0.1) is 0 Å². The maximum absolute atomic E-state index is 12.7. The van der Waals surface area contributed by atoms with Gasteiger partial charge in [0.05, 0.1) is 17.8 Å². The number of hydrogen-bond acceptors (Lipinski definition) is 5. The number of ether oxygens (including phenoxy) is 1. The lowest BCUT2D eigenvalue weighted by Gasteiger charge is -2.33. The molecule has 1 aliphatic rings. The summed E-state index contributed by atoms with van der Waals surface area (Å²) in [5.41, 5.74) is 0.412. The SMILES string of the molecule is O=C(c1ccn(COc2ccc(Br)cc2Cl)n1)N1CCN(Cc2ccco2)CC1. The molecule has 1 aromatic carbocycles. The summed E-state index contributed by atoms with van der Waals surface area (Å²) in [6, 6.07) is 11.0. The summed E-state index contributed by atoms with van der Waals surface area (Å²) in [6.07, 6.45) is 3.41. The minimum absolute atomic E-state index is 0.0666. The fourth-order valence-electron chi connectivity index (χ4n) is 3.17. The second-order valence-electron chi connectivity index (χ2n) is 6.74. The van der Waals surface area contributed by atoms with Crippen LogP contribution in [-0.4, -0.2) is 51.7 Å². The van der Waals surface area contributed by atoms with Gasteiger partial charge in [-0.2, -0.15) is 5.10 Å². The van der Waals surface area contributed by atoms with Crippen molar-refractivity contribution in [3.05, 3.63) is 69.8 Å². The van der Waals surface area contributed by atoms with Gasteiger partial charge in [0.15, 0.2) is 12.4 Å². The summed E-state index contributed by atoms with van der Waals surface area (Å²) >= 11 is 9.51. The van der Waals surface area contributed by atoms with Crippen LogP contribution in [0.15, 0.2) is 57.7 Å². The number of rotatable bonds is 6. The quantitative estimate of drug-likeness (QED) is 0.537. The number of carbonyl (C=O) groups is 1. The van der Waals surface area contributed by atoms with Gasteiger partial charge in [-0.05, 0) is 36.4 Å². The molecule has 0 N–H and O–H groups in total. The third-order valence-electron chi connectivity index (χ3n) is 4.73. The van der Waals surface area contributed by atoms with E-state index in [2.05, 4.69) is 25.9 Å². The number of benzene rings is 1. The first-order valence-electron chi connectivity index (χ1n) is 9.24. The molecule has 1 amide bonds. The highest BCUT2D eigenvalue weighted by molar-refractivity contribution is 9.10. The van der Waals surface area contributed by atoms with Crippen LogP contribution >= 0.6 is 27.5 Å². The fourth-order valence-corrected chi connectivity index (χ4v) is 3.90. The largest absolute Gasteiger partial charge is 0.470 e. The normalized spacial score (nSPS) is 14.9. The number of aromatic nitrogens is 2. The number of carbonyl (C=O) groups excluding carboxylic acids is 1. The van der Waals surface area contributed by atoms with E-state index >= 15 is 0 Å². The maximum atomic E-state index is 12.7. The van der Waals surface area contributed by atoms with Crippen molar-refractivity contribution in [3.8, 4) is 5.75 Å². The molecular weight excluding hydrogens is 460 g/mol. The van der Waals surface area contributed by atoms with Gasteiger partial charge in [-0.3, -0.25) is 9.69 Å². The van der Waals surface area contributed by atoms with Crippen molar-refractivity contribution < 1.29 is 13.9 Å². The number of furan rings is 1. The van der Waals surface area contributed by atoms with Crippen molar-refractivity contribution in [2.45, 2.75) is 13.3 Å². The molecule has 0 atom stereocenters. The molecule has 3 heterocycles. The summed E-state index contributed by atoms with van der Waals surface area (Å²) in [4.78, 5) is 16.9. The average Bonchev–Trinajstić information content (AvgIpc) is 3.39. The second-order valence-corrected chi connectivity index (χ2v) is 8.06. The van der Waals surface area contributed by atoms with Crippen LogP contribution in [0.5, 0.6) is 5.75 Å². The Bertz CT molecular complexity index is 968. The van der Waals surface area contributed by atoms with E-state index in [1.807, 2.05) is 23.1 Å². The molecule has 0 radical (unpaired) electrons. The Balaban J connectivity index is 1.29. The Morgan fingerprint density at radius 3 is 2.76 bits per heavy atom. The van der Waals surface area contributed by atoms with Crippen LogP contribution in [0.3, 0.4) is 0 Å². The van der Waals surface area contributed by atoms with Gasteiger partial charge in [0.25, 0.3) is 5.91 Å². The zero-order valence-electron chi connectivity index (χ0n) is 15.6. The fraction of sp³-hybridized carbons (Fsp3) is 0.300. The molecule has 29 heavy (non-hydrogen) atoms. The number of amides is 1. The van der Waals surface area contributed by atoms with Crippen LogP contribution < -0.4 is 4.74 Å². The summed E-state index contributed by atoms with van der Waals surface area (Å²) < 4.78 is 13.5. The van der Waals surface area contributed by atoms with Crippen molar-refractivity contribution in [1.82, 2.24) is 19.6 Å². The van der Waals surface area contributed by atoms with Gasteiger partial charge in [-0.1, -0.05) is 27.5 Å². The van der Waals surface area contributed by atoms with Crippen molar-refractivity contribution in [2.24, 2.45) is 0 Å². The molecule has 7 nitrogen and oxygen atoms in total. The molecule has 9 heteroatoms. The minimum atomic E-state index is -0.0666. The van der Waals surface area contributed by atoms with Crippen molar-refractivity contribution in [2.75, 3.05) is 26.2 Å². The van der Waals surface area contributed by atoms with Crippen molar-refractivity contribution in [1.29, 1.82) is 0 Å². The van der Waals surface area contributed by atoms with E-state index in [4.69, 9.17) is 20.8 Å². The maximum Gasteiger partial charge on any atom is 0.274 e. The first-order valence-corrected chi connectivity index (χ1v) is 10.4. The molecule has 152 valence electrons. The molecular formula is C20H20BrClN4O3. The molecule has 0 saturated carbocycles. The van der Waals surface area contributed by atoms with Crippen LogP contribution in [0.25, 0.3) is 0 Å². The van der Waals surface area contributed by atoms with Crippen LogP contribution in [0.2, 0.25) is 5.02 Å². The van der Waals surface area contributed by atoms with E-state index in [1.54, 1.807) is 35.3 Å². The van der Waals surface area contributed by atoms with Gasteiger partial charge in [0.2, 0.25) is 0 Å². The van der Waals surface area contributed by atoms with Gasteiger partial charge in [-0.25, -0.2) is 4.68 Å². The Hall–Kier alpha value is -2.29. The molecule has 1 aliphatic heterocycles. The molecule has 4 rings (SSSR count). The van der Waals surface area contributed by atoms with Crippen LogP contribution in [0.1, 0.15) is 16.2 Å². The van der Waals surface area contributed by atoms with Gasteiger partial charge in [0.1, 0.15) is 11.5 Å². The topological polar surface area (TPSA) is 63.7 Å². The highest BCUT2D eigenvalue weighted by Gasteiger charge is 2.24. The molecule has 3 aromatic rings. The van der Waals surface area contributed by atoms with Gasteiger partial charge in [0, 0.05) is 36.8 Å². The molecule has 1 fully saturated rings. The first kappa shape index (κ1) is 20.0. The highest BCUT2D eigenvalue weighted by Crippen LogP contribution is 2.27. The number of nitrogens with zero attached hydrogens (tertiary/aromatic N) is 4. The molecule has 0 spiro atoms. The summed E-state index contributed by atoms with van der Waals surface area (Å²) in [7, 11) is 0. The number of halogens is 2. The van der Waals surface area contributed by atoms with E-state index < -0.39 is 0 Å². The van der Waals surface area contributed by atoms with Gasteiger partial charge >= 0.3 is 0 Å². The Labute approximate surface area is 181 Å². The highest BCUT2D eigenvalue weighted by atomic mass is 79.9. The van der Waals surface area contributed by atoms with E-state index in [0.717, 1.165) is 29.9 Å². The summed E-state index contributed by atoms with van der Waals surface area (Å²) in [6.45, 7) is 3.87. The monoisotopic (exact) mass is 478 g/mol. The Morgan fingerprint density at radius 1 is 1.21 bits per heavy atom. The summed E-state index contributed by atoms with van der Waals surface area (Å²) in [5, 5.41) is 4.86. The zero-order chi connectivity index (χ0) is 20.2. The standard InChI is InChI=1S/C20H20BrClN4O3/c21-15-3-4-19(17(22)12-15)29-14-26-6-5-18(23-26)20(27)25-9-7-24(8-10-25)13-16-2-1-11-28-16/h1-6,11-12H,7-10,13-14H2. The lowest BCUT2D eigenvalue weighted by molar-refractivity contribution is 0.0613. The summed E-state index contributed by atoms with van der Waals surface area (Å²) in [5.74, 6) is 1.43. The number of hydrogen-bond donors (Lipinski definition) is 0. The lowest BCUT2D eigenvalue weighted by Crippen LogP contribution is -2.48. The lowest BCUT2D eigenvalue weighted by atomic mass is 10.2. The van der Waals surface area contributed by atoms with E-state index in [9.17, 15) is 4.79 Å². The first-order chi connectivity index (χ1) is 14.1. The molecule has 0 aliphatic carbocycles. The minimum Gasteiger partial charge on any atom is -0.470 e. The Kier molecular flexibility index (Phi) is 6.22. The third-order valence-corrected chi connectivity index (χ3v) is 5.51. The molecule has 0 bridgehead atoms. The molecule has 1 saturated heterocycles. The van der Waals surface area contributed by atoms with Gasteiger partial charge < -0.3 is 14.1 Å². The van der Waals surface area contributed by atoms with E-state index in [0.29, 0.717) is 29.6 Å². The van der Waals surface area contributed by atoms with Crippen LogP contribution in [0.4, 0.5) is 0 Å². The smallest absolute Gasteiger partial charge is 0.274 e. The Morgan fingerprint density at radius 2 is 2.03 bits per heavy atom. The number of piperazine rings is 1. The van der Waals surface area contributed by atoms with E-state index in [1.165, 1.54) is 0 Å². The molecule has 0 unspecified atom stereocenters. The second kappa shape index (κ2) is 9.02. The third kappa shape index (κ3) is 5.01. The van der Waals surface area contributed by atoms with Gasteiger partial charge in [-0.15, -0.1) is 0 Å². The van der Waals surface area contributed by atoms with Crippen molar-refractivity contribution in [3.63, 3.8) is 0 Å². The van der Waals surface area contributed by atoms with E-state index in [-0.39, 0.29) is 12.6 Å². The molecule has 2 aromatic heterocycles. The van der Waals surface area contributed by atoms with Crippen molar-refractivity contribution >= 4 is 33.4 Å². The zero-order valence-corrected chi connectivity index (χ0v) is 18.0. The predicted molar refractivity (Wildman–Crippen MR) is 112 cm³/mol. The average molecular weight is 480 g/mol. The van der Waals surface area contributed by atoms with Crippen LogP contribution in [-0.2, 0) is 13.3 Å².